The lowest BCUT2D eigenvalue weighted by Gasteiger charge is -2.36. The van der Waals surface area contributed by atoms with E-state index in [1.165, 1.54) is 6.42 Å². The van der Waals surface area contributed by atoms with Crippen molar-refractivity contribution in [3.63, 3.8) is 0 Å². The molecule has 0 radical (unpaired) electrons. The molecule has 5 unspecified atom stereocenters. The van der Waals surface area contributed by atoms with Gasteiger partial charge in [0.25, 0.3) is 0 Å². The van der Waals surface area contributed by atoms with Crippen molar-refractivity contribution in [2.75, 3.05) is 0 Å². The quantitative estimate of drug-likeness (QED) is 0.683. The van der Waals surface area contributed by atoms with Gasteiger partial charge in [-0.2, -0.15) is 0 Å². The Labute approximate surface area is 157 Å². The molecule has 0 heterocycles. The van der Waals surface area contributed by atoms with Crippen molar-refractivity contribution in [1.82, 2.24) is 0 Å². The molecule has 5 atom stereocenters. The minimum atomic E-state index is -0.347. The van der Waals surface area contributed by atoms with E-state index in [-0.39, 0.29) is 46.3 Å². The first-order valence-electron chi connectivity index (χ1n) is 10.6. The second-order valence-corrected chi connectivity index (χ2v) is 10.6. The first kappa shape index (κ1) is 18.3. The van der Waals surface area contributed by atoms with Crippen LogP contribution in [0.5, 0.6) is 0 Å². The van der Waals surface area contributed by atoms with Crippen molar-refractivity contribution in [2.45, 2.75) is 97.2 Å². The summed E-state index contributed by atoms with van der Waals surface area (Å²) in [4.78, 5) is 25.6. The van der Waals surface area contributed by atoms with E-state index in [1.807, 2.05) is 6.92 Å². The Kier molecular flexibility index (Phi) is 4.20. The molecule has 4 heteroatoms. The number of hydrogen-bond donors (Lipinski definition) is 0. The molecule has 4 aliphatic carbocycles. The van der Waals surface area contributed by atoms with Gasteiger partial charge in [-0.1, -0.05) is 20.3 Å². The van der Waals surface area contributed by atoms with Gasteiger partial charge in [0, 0.05) is 5.92 Å². The zero-order valence-electron chi connectivity index (χ0n) is 16.8. The maximum Gasteiger partial charge on any atom is 0.312 e. The number of carbonyl (C=O) groups is 2. The summed E-state index contributed by atoms with van der Waals surface area (Å²) < 4.78 is 12.0. The summed E-state index contributed by atoms with van der Waals surface area (Å²) in [5, 5.41) is 0. The van der Waals surface area contributed by atoms with Crippen molar-refractivity contribution in [1.29, 1.82) is 0 Å². The summed E-state index contributed by atoms with van der Waals surface area (Å²) in [5.74, 6) is 0.487. The molecule has 0 N–H and O–H groups in total. The molecule has 4 fully saturated rings. The predicted molar refractivity (Wildman–Crippen MR) is 98.3 cm³/mol. The summed E-state index contributed by atoms with van der Waals surface area (Å²) in [5.41, 5.74) is -0.592. The minimum absolute atomic E-state index is 0.0373. The molecular weight excluding hydrogens is 328 g/mol. The van der Waals surface area contributed by atoms with Crippen molar-refractivity contribution >= 4 is 11.9 Å². The second kappa shape index (κ2) is 5.97. The summed E-state index contributed by atoms with van der Waals surface area (Å²) in [6.07, 6.45) is 9.14. The van der Waals surface area contributed by atoms with Crippen LogP contribution in [0.2, 0.25) is 0 Å². The van der Waals surface area contributed by atoms with Crippen LogP contribution in [0.25, 0.3) is 0 Å². The van der Waals surface area contributed by atoms with E-state index >= 15 is 0 Å². The summed E-state index contributed by atoms with van der Waals surface area (Å²) >= 11 is 0. The van der Waals surface area contributed by atoms with E-state index in [1.54, 1.807) is 0 Å². The molecule has 0 aromatic rings. The molecular formula is C22H34O4. The molecule has 4 aliphatic rings. The lowest BCUT2D eigenvalue weighted by Crippen LogP contribution is -2.40. The topological polar surface area (TPSA) is 52.6 Å². The predicted octanol–water partition coefficient (Wildman–Crippen LogP) is 4.65. The lowest BCUT2D eigenvalue weighted by atomic mass is 9.84. The van der Waals surface area contributed by atoms with E-state index in [0.29, 0.717) is 5.92 Å². The fraction of sp³-hybridized carbons (Fsp3) is 0.909. The van der Waals surface area contributed by atoms with Gasteiger partial charge in [-0.25, -0.2) is 0 Å². The normalized spacial score (nSPS) is 42.3. The number of carbonyl (C=O) groups excluding carboxylic acids is 2. The highest BCUT2D eigenvalue weighted by Gasteiger charge is 2.65. The van der Waals surface area contributed by atoms with Crippen LogP contribution in [0.4, 0.5) is 0 Å². The van der Waals surface area contributed by atoms with Crippen LogP contribution in [0, 0.1) is 28.6 Å². The Bertz CT molecular complexity index is 603. The van der Waals surface area contributed by atoms with Gasteiger partial charge in [0.2, 0.25) is 0 Å². The smallest absolute Gasteiger partial charge is 0.312 e. The standard InChI is InChI=1S/C22H34O4/c1-20(2)13-22(20,4)19(24)25-17-12-14-10-15(17)16(11-14)18(23)26-21(3)8-6-5-7-9-21/h14-17H,5-13H2,1-4H3. The lowest BCUT2D eigenvalue weighted by molar-refractivity contribution is -0.174. The molecule has 0 saturated heterocycles. The summed E-state index contributed by atoms with van der Waals surface area (Å²) in [6, 6.07) is 0. The van der Waals surface area contributed by atoms with Gasteiger partial charge in [0.15, 0.2) is 0 Å². The Balaban J connectivity index is 1.38. The van der Waals surface area contributed by atoms with Crippen molar-refractivity contribution < 1.29 is 19.1 Å². The fourth-order valence-corrected chi connectivity index (χ4v) is 5.87. The zero-order valence-corrected chi connectivity index (χ0v) is 16.8. The number of ether oxygens (including phenoxy) is 2. The van der Waals surface area contributed by atoms with Gasteiger partial charge >= 0.3 is 11.9 Å². The Morgan fingerprint density at radius 2 is 1.58 bits per heavy atom. The van der Waals surface area contributed by atoms with E-state index in [9.17, 15) is 9.59 Å². The molecule has 4 rings (SSSR count). The van der Waals surface area contributed by atoms with Gasteiger partial charge in [0.1, 0.15) is 11.7 Å². The highest BCUT2D eigenvalue weighted by atomic mass is 16.6. The molecule has 26 heavy (non-hydrogen) atoms. The largest absolute Gasteiger partial charge is 0.462 e. The van der Waals surface area contributed by atoms with E-state index in [2.05, 4.69) is 20.8 Å². The second-order valence-electron chi connectivity index (χ2n) is 10.6. The van der Waals surface area contributed by atoms with Crippen LogP contribution in [-0.4, -0.2) is 23.6 Å². The Hall–Kier alpha value is -1.06. The highest BCUT2D eigenvalue weighted by Crippen LogP contribution is 2.64. The summed E-state index contributed by atoms with van der Waals surface area (Å²) in [7, 11) is 0. The van der Waals surface area contributed by atoms with Crippen molar-refractivity contribution in [2.24, 2.45) is 28.6 Å². The molecule has 0 aromatic carbocycles. The maximum atomic E-state index is 12.9. The molecule has 0 amide bonds. The molecule has 0 spiro atoms. The average Bonchev–Trinajstić information content (AvgIpc) is 2.93. The molecule has 0 aliphatic heterocycles. The molecule has 4 saturated carbocycles. The highest BCUT2D eigenvalue weighted by molar-refractivity contribution is 5.81. The molecule has 0 aromatic heterocycles. The van der Waals surface area contributed by atoms with E-state index < -0.39 is 0 Å². The number of rotatable bonds is 4. The third-order valence-electron chi connectivity index (χ3n) is 8.19. The van der Waals surface area contributed by atoms with Crippen LogP contribution in [0.15, 0.2) is 0 Å². The van der Waals surface area contributed by atoms with Crippen molar-refractivity contribution in [3.05, 3.63) is 0 Å². The monoisotopic (exact) mass is 362 g/mol. The Morgan fingerprint density at radius 3 is 2.15 bits per heavy atom. The molecule has 2 bridgehead atoms. The SMILES string of the molecule is CC1(OC(=O)C2CC3CC(OC(=O)C4(C)CC4(C)C)C2C3)CCCCC1. The van der Waals surface area contributed by atoms with Crippen LogP contribution in [0.1, 0.15) is 85.5 Å². The van der Waals surface area contributed by atoms with Crippen LogP contribution >= 0.6 is 0 Å². The summed E-state index contributed by atoms with van der Waals surface area (Å²) in [6.45, 7) is 8.35. The van der Waals surface area contributed by atoms with E-state index in [0.717, 1.165) is 51.4 Å². The van der Waals surface area contributed by atoms with Crippen LogP contribution < -0.4 is 0 Å². The average molecular weight is 363 g/mol. The third kappa shape index (κ3) is 2.97. The van der Waals surface area contributed by atoms with E-state index in [4.69, 9.17) is 9.47 Å². The number of esters is 2. The number of fused-ring (bicyclic) bond motifs is 2. The molecule has 4 nitrogen and oxygen atoms in total. The van der Waals surface area contributed by atoms with Crippen LogP contribution in [-0.2, 0) is 19.1 Å². The fourth-order valence-electron chi connectivity index (χ4n) is 5.87. The van der Waals surface area contributed by atoms with Gasteiger partial charge in [-0.3, -0.25) is 9.59 Å². The van der Waals surface area contributed by atoms with Gasteiger partial charge in [0.05, 0.1) is 11.3 Å². The van der Waals surface area contributed by atoms with Gasteiger partial charge in [-0.15, -0.1) is 0 Å². The number of hydrogen-bond acceptors (Lipinski definition) is 4. The minimum Gasteiger partial charge on any atom is -0.462 e. The maximum absolute atomic E-state index is 12.9. The first-order chi connectivity index (χ1) is 12.1. The molecule has 146 valence electrons. The Morgan fingerprint density at radius 1 is 0.923 bits per heavy atom. The van der Waals surface area contributed by atoms with Gasteiger partial charge < -0.3 is 9.47 Å². The van der Waals surface area contributed by atoms with Crippen molar-refractivity contribution in [3.8, 4) is 0 Å². The zero-order chi connectivity index (χ0) is 18.7. The van der Waals surface area contributed by atoms with Gasteiger partial charge in [-0.05, 0) is 76.5 Å². The third-order valence-corrected chi connectivity index (χ3v) is 8.19. The van der Waals surface area contributed by atoms with Crippen LogP contribution in [0.3, 0.4) is 0 Å². The first-order valence-corrected chi connectivity index (χ1v) is 10.6.